The predicted molar refractivity (Wildman–Crippen MR) is 71.7 cm³/mol. The lowest BCUT2D eigenvalue weighted by Gasteiger charge is -2.56. The van der Waals surface area contributed by atoms with Crippen LogP contribution in [-0.2, 0) is 0 Å². The van der Waals surface area contributed by atoms with E-state index >= 15 is 0 Å². The molecule has 2 N–H and O–H groups in total. The van der Waals surface area contributed by atoms with Crippen molar-refractivity contribution >= 4 is 0 Å². The Kier molecular flexibility index (Phi) is 2.47. The smallest absolute Gasteiger partial charge is 0.0329 e. The number of nitrogens with zero attached hydrogens (tertiary/aromatic N) is 1. The zero-order valence-electron chi connectivity index (χ0n) is 10.8. The number of aromatic nitrogens is 1. The fourth-order valence-electron chi connectivity index (χ4n) is 5.36. The van der Waals surface area contributed by atoms with E-state index in [-0.39, 0.29) is 6.04 Å². The largest absolute Gasteiger partial charge is 0.324 e. The number of nitrogens with two attached hydrogens (primary N) is 1. The Balaban J connectivity index is 1.61. The number of hydrogen-bond donors (Lipinski definition) is 1. The van der Waals surface area contributed by atoms with Gasteiger partial charge in [-0.1, -0.05) is 0 Å². The van der Waals surface area contributed by atoms with Crippen molar-refractivity contribution in [2.24, 2.45) is 35.3 Å². The fourth-order valence-corrected chi connectivity index (χ4v) is 5.36. The molecular formula is C16H22N2. The van der Waals surface area contributed by atoms with Gasteiger partial charge in [-0.3, -0.25) is 4.98 Å². The van der Waals surface area contributed by atoms with E-state index in [4.69, 9.17) is 5.73 Å². The Morgan fingerprint density at radius 2 is 1.50 bits per heavy atom. The molecule has 1 atom stereocenters. The van der Waals surface area contributed by atoms with Crippen molar-refractivity contribution in [1.29, 1.82) is 0 Å². The highest BCUT2D eigenvalue weighted by Gasteiger charge is 2.49. The summed E-state index contributed by atoms with van der Waals surface area (Å²) in [7, 11) is 0. The highest BCUT2D eigenvalue weighted by Crippen LogP contribution is 2.58. The van der Waals surface area contributed by atoms with Gasteiger partial charge in [0.15, 0.2) is 0 Å². The first kappa shape index (κ1) is 11.0. The second-order valence-electron chi connectivity index (χ2n) is 6.81. The van der Waals surface area contributed by atoms with Gasteiger partial charge in [-0.2, -0.15) is 0 Å². The van der Waals surface area contributed by atoms with Crippen molar-refractivity contribution in [3.05, 3.63) is 30.1 Å². The van der Waals surface area contributed by atoms with E-state index in [0.29, 0.717) is 0 Å². The van der Waals surface area contributed by atoms with Crippen molar-refractivity contribution in [1.82, 2.24) is 4.98 Å². The first-order valence-corrected chi connectivity index (χ1v) is 7.46. The van der Waals surface area contributed by atoms with E-state index in [9.17, 15) is 0 Å². The minimum atomic E-state index is 0.239. The lowest BCUT2D eigenvalue weighted by molar-refractivity contribution is -0.0471. The molecule has 0 saturated heterocycles. The van der Waals surface area contributed by atoms with Crippen LogP contribution in [0.1, 0.15) is 43.7 Å². The Morgan fingerprint density at radius 1 is 0.944 bits per heavy atom. The molecule has 5 rings (SSSR count). The maximum Gasteiger partial charge on any atom is 0.0329 e. The summed E-state index contributed by atoms with van der Waals surface area (Å²) in [5.74, 6) is 4.62. The van der Waals surface area contributed by atoms with Gasteiger partial charge < -0.3 is 5.73 Å². The molecule has 0 aromatic carbocycles. The van der Waals surface area contributed by atoms with E-state index in [1.54, 1.807) is 0 Å². The first-order chi connectivity index (χ1) is 8.81. The fraction of sp³-hybridized carbons (Fsp3) is 0.688. The van der Waals surface area contributed by atoms with Crippen LogP contribution >= 0.6 is 0 Å². The van der Waals surface area contributed by atoms with Gasteiger partial charge in [0.05, 0.1) is 0 Å². The van der Waals surface area contributed by atoms with Crippen molar-refractivity contribution in [2.75, 3.05) is 0 Å². The Labute approximate surface area is 109 Å². The minimum Gasteiger partial charge on any atom is -0.324 e. The van der Waals surface area contributed by atoms with E-state index in [1.807, 2.05) is 12.4 Å². The van der Waals surface area contributed by atoms with Gasteiger partial charge in [0.25, 0.3) is 0 Å². The van der Waals surface area contributed by atoms with Crippen molar-refractivity contribution in [2.45, 2.75) is 38.1 Å². The van der Waals surface area contributed by atoms with Gasteiger partial charge >= 0.3 is 0 Å². The SMILES string of the molecule is NC(c1ccncc1)C1C2CC3CC(C2)CC1C3. The molecule has 0 spiro atoms. The molecular weight excluding hydrogens is 220 g/mol. The summed E-state index contributed by atoms with van der Waals surface area (Å²) in [6.45, 7) is 0. The molecule has 4 aliphatic rings. The summed E-state index contributed by atoms with van der Waals surface area (Å²) >= 11 is 0. The van der Waals surface area contributed by atoms with Crippen LogP contribution in [-0.4, -0.2) is 4.98 Å². The number of pyridine rings is 1. The summed E-state index contributed by atoms with van der Waals surface area (Å²) in [6, 6.07) is 4.45. The van der Waals surface area contributed by atoms with Crippen LogP contribution < -0.4 is 5.73 Å². The molecule has 2 heteroatoms. The molecule has 1 heterocycles. The maximum atomic E-state index is 6.59. The molecule has 1 aromatic rings. The molecule has 18 heavy (non-hydrogen) atoms. The minimum absolute atomic E-state index is 0.239. The summed E-state index contributed by atoms with van der Waals surface area (Å²) in [5.41, 5.74) is 7.89. The molecule has 4 fully saturated rings. The van der Waals surface area contributed by atoms with Crippen LogP contribution in [0.2, 0.25) is 0 Å². The number of hydrogen-bond acceptors (Lipinski definition) is 2. The van der Waals surface area contributed by atoms with E-state index in [2.05, 4.69) is 17.1 Å². The molecule has 2 nitrogen and oxygen atoms in total. The van der Waals surface area contributed by atoms with E-state index < -0.39 is 0 Å². The summed E-state index contributed by atoms with van der Waals surface area (Å²) < 4.78 is 0. The first-order valence-electron chi connectivity index (χ1n) is 7.46. The zero-order valence-corrected chi connectivity index (χ0v) is 10.8. The third kappa shape index (κ3) is 1.62. The van der Waals surface area contributed by atoms with Gasteiger partial charge in [-0.25, -0.2) is 0 Å². The normalized spacial score (nSPS) is 43.1. The van der Waals surface area contributed by atoms with Crippen LogP contribution in [0.4, 0.5) is 0 Å². The van der Waals surface area contributed by atoms with Crippen molar-refractivity contribution in [3.63, 3.8) is 0 Å². The zero-order chi connectivity index (χ0) is 12.1. The molecule has 4 saturated carbocycles. The van der Waals surface area contributed by atoms with Crippen LogP contribution in [0.25, 0.3) is 0 Å². The topological polar surface area (TPSA) is 38.9 Å². The van der Waals surface area contributed by atoms with E-state index in [1.165, 1.54) is 37.7 Å². The maximum absolute atomic E-state index is 6.59. The second kappa shape index (κ2) is 4.06. The van der Waals surface area contributed by atoms with Crippen molar-refractivity contribution in [3.8, 4) is 0 Å². The lowest BCUT2D eigenvalue weighted by Crippen LogP contribution is -2.48. The standard InChI is InChI=1S/C16H22N2/c17-16(12-1-3-18-4-2-12)15-13-6-10-5-11(8-13)9-14(15)7-10/h1-4,10-11,13-16H,5-9,17H2. The predicted octanol–water partition coefficient (Wildman–Crippen LogP) is 3.15. The molecule has 96 valence electrons. The van der Waals surface area contributed by atoms with Crippen LogP contribution in [0, 0.1) is 29.6 Å². The van der Waals surface area contributed by atoms with Gasteiger partial charge in [0.1, 0.15) is 0 Å². The monoisotopic (exact) mass is 242 g/mol. The highest BCUT2D eigenvalue weighted by atomic mass is 14.7. The van der Waals surface area contributed by atoms with Gasteiger partial charge in [-0.05, 0) is 79.4 Å². The summed E-state index contributed by atoms with van der Waals surface area (Å²) in [4.78, 5) is 4.11. The average Bonchev–Trinajstić information content (AvgIpc) is 2.38. The van der Waals surface area contributed by atoms with Gasteiger partial charge in [0.2, 0.25) is 0 Å². The Morgan fingerprint density at radius 3 is 2.06 bits per heavy atom. The van der Waals surface area contributed by atoms with Gasteiger partial charge in [-0.15, -0.1) is 0 Å². The second-order valence-corrected chi connectivity index (χ2v) is 6.81. The highest BCUT2D eigenvalue weighted by molar-refractivity contribution is 5.18. The summed E-state index contributed by atoms with van der Waals surface area (Å²) in [6.07, 6.45) is 11.1. The summed E-state index contributed by atoms with van der Waals surface area (Å²) in [5, 5.41) is 0. The van der Waals surface area contributed by atoms with Crippen molar-refractivity contribution < 1.29 is 0 Å². The van der Waals surface area contributed by atoms with Crippen LogP contribution in [0.15, 0.2) is 24.5 Å². The number of rotatable bonds is 2. The molecule has 0 amide bonds. The lowest BCUT2D eigenvalue weighted by atomic mass is 9.50. The van der Waals surface area contributed by atoms with Gasteiger partial charge in [0, 0.05) is 18.4 Å². The molecule has 0 aliphatic heterocycles. The molecule has 1 unspecified atom stereocenters. The quantitative estimate of drug-likeness (QED) is 0.865. The molecule has 1 aromatic heterocycles. The third-order valence-electron chi connectivity index (χ3n) is 5.81. The molecule has 4 bridgehead atoms. The molecule has 0 radical (unpaired) electrons. The van der Waals surface area contributed by atoms with Crippen LogP contribution in [0.5, 0.6) is 0 Å². The van der Waals surface area contributed by atoms with Crippen LogP contribution in [0.3, 0.4) is 0 Å². The molecule has 4 aliphatic carbocycles. The third-order valence-corrected chi connectivity index (χ3v) is 5.81. The Hall–Kier alpha value is -0.890. The Bertz CT molecular complexity index is 400. The van der Waals surface area contributed by atoms with E-state index in [0.717, 1.165) is 29.6 Å². The average molecular weight is 242 g/mol.